The fourth-order valence-corrected chi connectivity index (χ4v) is 1.27. The molecular weight excluding hydrogens is 155 g/mol. The van der Waals surface area contributed by atoms with E-state index in [1.165, 1.54) is 12.1 Å². The lowest BCUT2D eigenvalue weighted by molar-refractivity contribution is 0.626. The summed E-state index contributed by atoms with van der Waals surface area (Å²) in [5.41, 5.74) is 1.77. The molecule has 0 amide bonds. The van der Waals surface area contributed by atoms with E-state index in [1.807, 2.05) is 11.3 Å². The van der Waals surface area contributed by atoms with Crippen LogP contribution in [0.2, 0.25) is 0 Å². The number of hydrogen-bond donors (Lipinski definition) is 0. The average Bonchev–Trinajstić information content (AvgIpc) is 2.46. The lowest BCUT2D eigenvalue weighted by atomic mass is 10.3. The molecule has 3 heteroatoms. The van der Waals surface area contributed by atoms with E-state index in [2.05, 4.69) is 4.98 Å². The van der Waals surface area contributed by atoms with Gasteiger partial charge >= 0.3 is 0 Å². The summed E-state index contributed by atoms with van der Waals surface area (Å²) in [4.78, 5) is 4.07. The van der Waals surface area contributed by atoms with Crippen LogP contribution in [0.3, 0.4) is 0 Å². The van der Waals surface area contributed by atoms with E-state index < -0.39 is 0 Å². The Balaban J connectivity index is 2.73. The van der Waals surface area contributed by atoms with E-state index in [0.717, 1.165) is 12.1 Å². The molecular formula is C9H9FN2. The Morgan fingerprint density at radius 1 is 1.58 bits per heavy atom. The number of fused-ring (bicyclic) bond motifs is 1. The van der Waals surface area contributed by atoms with Gasteiger partial charge in [-0.1, -0.05) is 6.92 Å². The number of aromatic nitrogens is 2. The third-order valence-electron chi connectivity index (χ3n) is 1.91. The van der Waals surface area contributed by atoms with Gasteiger partial charge in [-0.25, -0.2) is 9.37 Å². The number of hydrogen-bond acceptors (Lipinski definition) is 1. The van der Waals surface area contributed by atoms with Gasteiger partial charge in [0.15, 0.2) is 0 Å². The molecule has 0 unspecified atom stereocenters. The molecule has 2 aromatic heterocycles. The Morgan fingerprint density at radius 2 is 2.42 bits per heavy atom. The largest absolute Gasteiger partial charge is 0.304 e. The Labute approximate surface area is 69.7 Å². The number of imidazole rings is 1. The number of aryl methyl sites for hydroxylation is 1. The van der Waals surface area contributed by atoms with Crippen LogP contribution in [0.25, 0.3) is 5.65 Å². The summed E-state index contributed by atoms with van der Waals surface area (Å²) in [6, 6.07) is 2.87. The van der Waals surface area contributed by atoms with Gasteiger partial charge in [-0.2, -0.15) is 0 Å². The fraction of sp³-hybridized carbons (Fsp3) is 0.222. The predicted molar refractivity (Wildman–Crippen MR) is 44.5 cm³/mol. The van der Waals surface area contributed by atoms with Crippen molar-refractivity contribution in [3.8, 4) is 0 Å². The van der Waals surface area contributed by atoms with Crippen LogP contribution in [-0.2, 0) is 6.42 Å². The SMILES string of the molecule is CCc1cnc2cc(F)ccn12. The van der Waals surface area contributed by atoms with Gasteiger partial charge in [0.2, 0.25) is 0 Å². The summed E-state index contributed by atoms with van der Waals surface area (Å²) in [5.74, 6) is -0.240. The summed E-state index contributed by atoms with van der Waals surface area (Å²) in [6.45, 7) is 2.05. The molecule has 0 radical (unpaired) electrons. The predicted octanol–water partition coefficient (Wildman–Crippen LogP) is 2.04. The first-order valence-electron chi connectivity index (χ1n) is 3.92. The maximum absolute atomic E-state index is 12.7. The van der Waals surface area contributed by atoms with Gasteiger partial charge in [-0.15, -0.1) is 0 Å². The highest BCUT2D eigenvalue weighted by Gasteiger charge is 2.00. The first-order chi connectivity index (χ1) is 5.81. The van der Waals surface area contributed by atoms with Gasteiger partial charge < -0.3 is 4.40 Å². The molecule has 0 saturated heterocycles. The van der Waals surface area contributed by atoms with Gasteiger partial charge in [-0.3, -0.25) is 0 Å². The Kier molecular flexibility index (Phi) is 1.57. The third kappa shape index (κ3) is 0.978. The zero-order valence-electron chi connectivity index (χ0n) is 6.79. The molecule has 0 aliphatic heterocycles. The van der Waals surface area contributed by atoms with Crippen molar-refractivity contribution >= 4 is 5.65 Å². The molecule has 2 nitrogen and oxygen atoms in total. The quantitative estimate of drug-likeness (QED) is 0.630. The molecule has 0 atom stereocenters. The first-order valence-corrected chi connectivity index (χ1v) is 3.92. The zero-order chi connectivity index (χ0) is 8.55. The van der Waals surface area contributed by atoms with Crippen molar-refractivity contribution < 1.29 is 4.39 Å². The Bertz CT molecular complexity index is 406. The zero-order valence-corrected chi connectivity index (χ0v) is 6.79. The second-order valence-electron chi connectivity index (χ2n) is 2.68. The van der Waals surface area contributed by atoms with Crippen LogP contribution in [0, 0.1) is 5.82 Å². The van der Waals surface area contributed by atoms with Crippen LogP contribution in [0.15, 0.2) is 24.5 Å². The van der Waals surface area contributed by atoms with Gasteiger partial charge in [0, 0.05) is 24.2 Å². The second-order valence-corrected chi connectivity index (χ2v) is 2.68. The van der Waals surface area contributed by atoms with E-state index in [0.29, 0.717) is 5.65 Å². The molecule has 62 valence electrons. The normalized spacial score (nSPS) is 10.8. The fourth-order valence-electron chi connectivity index (χ4n) is 1.27. The standard InChI is InChI=1S/C9H9FN2/c1-2-8-6-11-9-5-7(10)3-4-12(8)9/h3-6H,2H2,1H3. The van der Waals surface area contributed by atoms with Crippen molar-refractivity contribution in [1.82, 2.24) is 9.38 Å². The Morgan fingerprint density at radius 3 is 3.17 bits per heavy atom. The summed E-state index contributed by atoms with van der Waals surface area (Å²) < 4.78 is 14.6. The maximum Gasteiger partial charge on any atom is 0.139 e. The number of rotatable bonds is 1. The molecule has 12 heavy (non-hydrogen) atoms. The molecule has 0 aliphatic rings. The van der Waals surface area contributed by atoms with Gasteiger partial charge in [-0.05, 0) is 12.5 Å². The van der Waals surface area contributed by atoms with Crippen molar-refractivity contribution in [2.45, 2.75) is 13.3 Å². The van der Waals surface area contributed by atoms with Crippen LogP contribution in [0.4, 0.5) is 4.39 Å². The summed E-state index contributed by atoms with van der Waals surface area (Å²) >= 11 is 0. The molecule has 0 saturated carbocycles. The summed E-state index contributed by atoms with van der Waals surface area (Å²) in [7, 11) is 0. The molecule has 0 aromatic carbocycles. The van der Waals surface area contributed by atoms with Crippen molar-refractivity contribution in [2.75, 3.05) is 0 Å². The first kappa shape index (κ1) is 7.28. The van der Waals surface area contributed by atoms with Gasteiger partial charge in [0.25, 0.3) is 0 Å². The molecule has 2 heterocycles. The van der Waals surface area contributed by atoms with Crippen LogP contribution in [0.5, 0.6) is 0 Å². The summed E-state index contributed by atoms with van der Waals surface area (Å²) in [6.07, 6.45) is 4.39. The lowest BCUT2D eigenvalue weighted by Crippen LogP contribution is -1.90. The minimum Gasteiger partial charge on any atom is -0.304 e. The van der Waals surface area contributed by atoms with Crippen LogP contribution < -0.4 is 0 Å². The third-order valence-corrected chi connectivity index (χ3v) is 1.91. The monoisotopic (exact) mass is 164 g/mol. The highest BCUT2D eigenvalue weighted by atomic mass is 19.1. The number of nitrogens with zero attached hydrogens (tertiary/aromatic N) is 2. The van der Waals surface area contributed by atoms with E-state index in [4.69, 9.17) is 0 Å². The minimum absolute atomic E-state index is 0.240. The molecule has 2 aromatic rings. The van der Waals surface area contributed by atoms with Crippen molar-refractivity contribution in [1.29, 1.82) is 0 Å². The summed E-state index contributed by atoms with van der Waals surface area (Å²) in [5, 5.41) is 0. The molecule has 0 aliphatic carbocycles. The minimum atomic E-state index is -0.240. The molecule has 0 spiro atoms. The molecule has 0 fully saturated rings. The maximum atomic E-state index is 12.7. The van der Waals surface area contributed by atoms with E-state index in [1.54, 1.807) is 12.4 Å². The van der Waals surface area contributed by atoms with Crippen molar-refractivity contribution in [3.63, 3.8) is 0 Å². The van der Waals surface area contributed by atoms with E-state index in [9.17, 15) is 4.39 Å². The topological polar surface area (TPSA) is 17.3 Å². The van der Waals surface area contributed by atoms with Crippen LogP contribution in [0.1, 0.15) is 12.6 Å². The van der Waals surface area contributed by atoms with E-state index >= 15 is 0 Å². The number of pyridine rings is 1. The average molecular weight is 164 g/mol. The molecule has 0 bridgehead atoms. The van der Waals surface area contributed by atoms with Crippen molar-refractivity contribution in [2.24, 2.45) is 0 Å². The molecule has 0 N–H and O–H groups in total. The highest BCUT2D eigenvalue weighted by Crippen LogP contribution is 2.08. The van der Waals surface area contributed by atoms with Crippen LogP contribution >= 0.6 is 0 Å². The lowest BCUT2D eigenvalue weighted by Gasteiger charge is -1.96. The Hall–Kier alpha value is -1.38. The smallest absolute Gasteiger partial charge is 0.139 e. The van der Waals surface area contributed by atoms with Crippen molar-refractivity contribution in [3.05, 3.63) is 36.0 Å². The second kappa shape index (κ2) is 2.59. The van der Waals surface area contributed by atoms with Gasteiger partial charge in [0.05, 0.1) is 0 Å². The van der Waals surface area contributed by atoms with Crippen LogP contribution in [-0.4, -0.2) is 9.38 Å². The van der Waals surface area contributed by atoms with Gasteiger partial charge in [0.1, 0.15) is 11.5 Å². The van der Waals surface area contributed by atoms with E-state index in [-0.39, 0.29) is 5.82 Å². The number of halogens is 1. The highest BCUT2D eigenvalue weighted by molar-refractivity contribution is 5.40. The molecule has 2 rings (SSSR count).